The highest BCUT2D eigenvalue weighted by molar-refractivity contribution is 5.85. The minimum absolute atomic E-state index is 0. The second-order valence-corrected chi connectivity index (χ2v) is 5.78. The summed E-state index contributed by atoms with van der Waals surface area (Å²) in [6, 6.07) is 6.99. The number of hydrogen-bond acceptors (Lipinski definition) is 2. The van der Waals surface area contributed by atoms with Gasteiger partial charge in [0.05, 0.1) is 0 Å². The van der Waals surface area contributed by atoms with Crippen molar-refractivity contribution in [2.24, 2.45) is 11.7 Å². The first-order chi connectivity index (χ1) is 9.13. The number of amides is 1. The fraction of sp³-hybridized carbons (Fsp3) is 0.533. The monoisotopic (exact) mass is 298 g/mol. The first-order valence-corrected chi connectivity index (χ1v) is 6.95. The quantitative estimate of drug-likeness (QED) is 0.900. The van der Waals surface area contributed by atoms with E-state index in [1.165, 1.54) is 6.07 Å². The third-order valence-corrected chi connectivity index (χ3v) is 4.24. The van der Waals surface area contributed by atoms with Crippen LogP contribution in [0.2, 0.25) is 0 Å². The minimum atomic E-state index is -0.212. The maximum atomic E-state index is 13.1. The summed E-state index contributed by atoms with van der Waals surface area (Å²) in [5.41, 5.74) is 6.80. The normalized spacial score (nSPS) is 31.5. The molecule has 2 saturated carbocycles. The minimum Gasteiger partial charge on any atom is -0.352 e. The highest BCUT2D eigenvalue weighted by Crippen LogP contribution is 2.41. The zero-order valence-corrected chi connectivity index (χ0v) is 12.0. The third-order valence-electron chi connectivity index (χ3n) is 4.24. The van der Waals surface area contributed by atoms with Crippen LogP contribution in [-0.2, 0) is 4.79 Å². The Bertz CT molecular complexity index is 497. The molecule has 2 aliphatic carbocycles. The average molecular weight is 299 g/mol. The van der Waals surface area contributed by atoms with Gasteiger partial charge < -0.3 is 11.1 Å². The molecule has 20 heavy (non-hydrogen) atoms. The Morgan fingerprint density at radius 2 is 2.10 bits per heavy atom. The summed E-state index contributed by atoms with van der Waals surface area (Å²) in [5.74, 6) is 0.256. The molecule has 4 atom stereocenters. The van der Waals surface area contributed by atoms with E-state index < -0.39 is 0 Å². The van der Waals surface area contributed by atoms with Crippen LogP contribution in [0.3, 0.4) is 0 Å². The van der Waals surface area contributed by atoms with Crippen molar-refractivity contribution in [3.63, 3.8) is 0 Å². The molecule has 3 nitrogen and oxygen atoms in total. The SMILES string of the molecule is Cl.NC1CCC(C(=O)NC2CC2c2cccc(F)c2)C1. The molecule has 0 spiro atoms. The fourth-order valence-corrected chi connectivity index (χ4v) is 3.02. The third kappa shape index (κ3) is 3.30. The van der Waals surface area contributed by atoms with Crippen molar-refractivity contribution in [3.05, 3.63) is 35.6 Å². The average Bonchev–Trinajstić information content (AvgIpc) is 3.00. The fourth-order valence-electron chi connectivity index (χ4n) is 3.02. The molecule has 0 bridgehead atoms. The summed E-state index contributed by atoms with van der Waals surface area (Å²) in [4.78, 5) is 12.0. The first kappa shape index (κ1) is 15.3. The van der Waals surface area contributed by atoms with Crippen LogP contribution in [0.4, 0.5) is 4.39 Å². The van der Waals surface area contributed by atoms with Gasteiger partial charge in [0.15, 0.2) is 0 Å². The molecular weight excluding hydrogens is 279 g/mol. The van der Waals surface area contributed by atoms with Crippen LogP contribution in [0.15, 0.2) is 24.3 Å². The largest absolute Gasteiger partial charge is 0.352 e. The van der Waals surface area contributed by atoms with Crippen LogP contribution >= 0.6 is 12.4 Å². The maximum absolute atomic E-state index is 13.1. The molecule has 0 aromatic heterocycles. The van der Waals surface area contributed by atoms with Crippen molar-refractivity contribution in [3.8, 4) is 0 Å². The summed E-state index contributed by atoms with van der Waals surface area (Å²) >= 11 is 0. The number of halogens is 2. The Hall–Kier alpha value is -1.13. The molecule has 0 saturated heterocycles. The molecule has 4 unspecified atom stereocenters. The topological polar surface area (TPSA) is 55.1 Å². The van der Waals surface area contributed by atoms with E-state index in [1.807, 2.05) is 6.07 Å². The summed E-state index contributed by atoms with van der Waals surface area (Å²) in [7, 11) is 0. The van der Waals surface area contributed by atoms with Gasteiger partial charge in [-0.05, 0) is 43.4 Å². The molecule has 1 aromatic rings. The molecule has 3 rings (SSSR count). The van der Waals surface area contributed by atoms with Crippen LogP contribution in [0.25, 0.3) is 0 Å². The predicted octanol–water partition coefficient (Wildman–Crippen LogP) is 2.35. The second kappa shape index (κ2) is 6.10. The Morgan fingerprint density at radius 3 is 2.75 bits per heavy atom. The van der Waals surface area contributed by atoms with Gasteiger partial charge in [-0.3, -0.25) is 4.79 Å². The number of benzene rings is 1. The first-order valence-electron chi connectivity index (χ1n) is 6.95. The summed E-state index contributed by atoms with van der Waals surface area (Å²) in [6.45, 7) is 0. The van der Waals surface area contributed by atoms with Crippen molar-refractivity contribution >= 4 is 18.3 Å². The van der Waals surface area contributed by atoms with Crippen molar-refractivity contribution in [2.45, 2.75) is 43.7 Å². The number of nitrogens with two attached hydrogens (primary N) is 1. The lowest BCUT2D eigenvalue weighted by atomic mass is 10.1. The van der Waals surface area contributed by atoms with Gasteiger partial charge in [0, 0.05) is 23.9 Å². The van der Waals surface area contributed by atoms with Crippen LogP contribution in [0.1, 0.15) is 37.2 Å². The highest BCUT2D eigenvalue weighted by atomic mass is 35.5. The van der Waals surface area contributed by atoms with Crippen molar-refractivity contribution in [2.75, 3.05) is 0 Å². The molecular formula is C15H20ClFN2O. The van der Waals surface area contributed by atoms with Crippen LogP contribution in [0, 0.1) is 11.7 Å². The summed E-state index contributed by atoms with van der Waals surface area (Å²) < 4.78 is 13.1. The Balaban J connectivity index is 0.00000147. The number of carbonyl (C=O) groups excluding carboxylic acids is 1. The van der Waals surface area contributed by atoms with Gasteiger partial charge in [-0.15, -0.1) is 12.4 Å². The van der Waals surface area contributed by atoms with E-state index in [2.05, 4.69) is 5.32 Å². The Kier molecular flexibility index (Phi) is 4.66. The molecule has 5 heteroatoms. The Labute approximate surface area is 124 Å². The van der Waals surface area contributed by atoms with Gasteiger partial charge in [-0.25, -0.2) is 4.39 Å². The van der Waals surface area contributed by atoms with E-state index in [0.717, 1.165) is 31.2 Å². The van der Waals surface area contributed by atoms with E-state index in [0.29, 0.717) is 0 Å². The molecule has 1 amide bonds. The molecule has 0 heterocycles. The summed E-state index contributed by atoms with van der Waals surface area (Å²) in [5, 5.41) is 3.07. The maximum Gasteiger partial charge on any atom is 0.223 e. The zero-order valence-electron chi connectivity index (χ0n) is 11.2. The van der Waals surface area contributed by atoms with Gasteiger partial charge in [0.25, 0.3) is 0 Å². The summed E-state index contributed by atoms with van der Waals surface area (Å²) in [6.07, 6.45) is 3.54. The second-order valence-electron chi connectivity index (χ2n) is 5.78. The number of nitrogens with one attached hydrogen (secondary N) is 1. The molecule has 2 fully saturated rings. The van der Waals surface area contributed by atoms with E-state index in [4.69, 9.17) is 5.73 Å². The lowest BCUT2D eigenvalue weighted by molar-refractivity contribution is -0.125. The van der Waals surface area contributed by atoms with Gasteiger partial charge in [-0.2, -0.15) is 0 Å². The van der Waals surface area contributed by atoms with Crippen molar-refractivity contribution < 1.29 is 9.18 Å². The molecule has 3 N–H and O–H groups in total. The zero-order chi connectivity index (χ0) is 13.4. The number of rotatable bonds is 3. The van der Waals surface area contributed by atoms with Crippen molar-refractivity contribution in [1.82, 2.24) is 5.32 Å². The van der Waals surface area contributed by atoms with E-state index in [9.17, 15) is 9.18 Å². The van der Waals surface area contributed by atoms with Crippen LogP contribution < -0.4 is 11.1 Å². The molecule has 110 valence electrons. The lowest BCUT2D eigenvalue weighted by Crippen LogP contribution is -2.32. The Morgan fingerprint density at radius 1 is 1.30 bits per heavy atom. The lowest BCUT2D eigenvalue weighted by Gasteiger charge is -2.10. The van der Waals surface area contributed by atoms with Gasteiger partial charge >= 0.3 is 0 Å². The van der Waals surface area contributed by atoms with E-state index in [-0.39, 0.29) is 48.1 Å². The predicted molar refractivity (Wildman–Crippen MR) is 78.3 cm³/mol. The smallest absolute Gasteiger partial charge is 0.223 e. The van der Waals surface area contributed by atoms with Gasteiger partial charge in [0.2, 0.25) is 5.91 Å². The van der Waals surface area contributed by atoms with Crippen LogP contribution in [-0.4, -0.2) is 18.0 Å². The van der Waals surface area contributed by atoms with Gasteiger partial charge in [-0.1, -0.05) is 12.1 Å². The standard InChI is InChI=1S/C15H19FN2O.ClH/c16-11-3-1-2-9(6-11)13-8-14(13)18-15(19)10-4-5-12(17)7-10;/h1-3,6,10,12-14H,4-5,7-8,17H2,(H,18,19);1H. The number of hydrogen-bond donors (Lipinski definition) is 2. The molecule has 2 aliphatic rings. The van der Waals surface area contributed by atoms with E-state index >= 15 is 0 Å². The molecule has 0 radical (unpaired) electrons. The van der Waals surface area contributed by atoms with Gasteiger partial charge in [0.1, 0.15) is 5.82 Å². The molecule has 1 aromatic carbocycles. The molecule has 0 aliphatic heterocycles. The highest BCUT2D eigenvalue weighted by Gasteiger charge is 2.41. The van der Waals surface area contributed by atoms with E-state index in [1.54, 1.807) is 12.1 Å². The number of carbonyl (C=O) groups is 1. The van der Waals surface area contributed by atoms with Crippen molar-refractivity contribution in [1.29, 1.82) is 0 Å². The van der Waals surface area contributed by atoms with Crippen LogP contribution in [0.5, 0.6) is 0 Å².